The second-order valence-electron chi connectivity index (χ2n) is 4.61. The van der Waals surface area contributed by atoms with E-state index >= 15 is 0 Å². The summed E-state index contributed by atoms with van der Waals surface area (Å²) in [6.45, 7) is 5.86. The molecule has 0 amide bonds. The number of hydrogen-bond donors (Lipinski definition) is 2. The topological polar surface area (TPSA) is 110 Å². The monoisotopic (exact) mass is 336 g/mol. The molecule has 0 unspecified atom stereocenters. The van der Waals surface area contributed by atoms with Crippen molar-refractivity contribution in [2.24, 2.45) is 5.10 Å². The van der Waals surface area contributed by atoms with E-state index in [1.54, 1.807) is 6.92 Å². The average Bonchev–Trinajstić information content (AvgIpc) is 2.80. The molecule has 0 saturated carbocycles. The molecule has 0 atom stereocenters. The van der Waals surface area contributed by atoms with Gasteiger partial charge in [0.05, 0.1) is 23.4 Å². The fraction of sp³-hybridized carbons (Fsp3) is 0.286. The second kappa shape index (κ2) is 7.05. The minimum Gasteiger partial charge on any atom is -0.500 e. The fourth-order valence-electron chi connectivity index (χ4n) is 1.78. The van der Waals surface area contributed by atoms with Gasteiger partial charge in [-0.15, -0.1) is 11.3 Å². The first-order chi connectivity index (χ1) is 10.9. The first-order valence-electron chi connectivity index (χ1n) is 6.79. The van der Waals surface area contributed by atoms with Crippen molar-refractivity contribution >= 4 is 28.4 Å². The predicted molar refractivity (Wildman–Crippen MR) is 88.7 cm³/mol. The number of ether oxygens (including phenoxy) is 1. The number of phenols is 1. The van der Waals surface area contributed by atoms with Gasteiger partial charge in [0.2, 0.25) is 10.9 Å². The van der Waals surface area contributed by atoms with Crippen LogP contribution < -0.4 is 10.2 Å². The van der Waals surface area contributed by atoms with Crippen molar-refractivity contribution in [1.29, 1.82) is 0 Å². The first-order valence-corrected chi connectivity index (χ1v) is 7.61. The number of thiazole rings is 1. The molecule has 0 fully saturated rings. The number of aromatic hydroxyl groups is 1. The Hall–Kier alpha value is -2.68. The van der Waals surface area contributed by atoms with Gasteiger partial charge >= 0.3 is 5.69 Å². The molecule has 2 N–H and O–H groups in total. The van der Waals surface area contributed by atoms with E-state index in [2.05, 4.69) is 15.5 Å². The van der Waals surface area contributed by atoms with Gasteiger partial charge in [0, 0.05) is 16.5 Å². The minimum absolute atomic E-state index is 0.0455. The summed E-state index contributed by atoms with van der Waals surface area (Å²) < 4.78 is 5.20. The molecule has 0 spiro atoms. The maximum absolute atomic E-state index is 11.0. The molecule has 0 radical (unpaired) electrons. The summed E-state index contributed by atoms with van der Waals surface area (Å²) >= 11 is 1.46. The van der Waals surface area contributed by atoms with Crippen molar-refractivity contribution in [3.05, 3.63) is 38.4 Å². The Labute approximate surface area is 136 Å². The van der Waals surface area contributed by atoms with E-state index in [0.29, 0.717) is 10.7 Å². The third-order valence-corrected chi connectivity index (χ3v) is 3.95. The average molecular weight is 336 g/mol. The zero-order valence-corrected chi connectivity index (χ0v) is 13.7. The van der Waals surface area contributed by atoms with Crippen LogP contribution in [-0.2, 0) is 0 Å². The smallest absolute Gasteiger partial charge is 0.315 e. The van der Waals surface area contributed by atoms with Crippen molar-refractivity contribution in [1.82, 2.24) is 4.98 Å². The van der Waals surface area contributed by atoms with Gasteiger partial charge in [-0.3, -0.25) is 15.5 Å². The standard InChI is InChI=1S/C14H16N4O4S/c1-4-22-12-6-10(5-11(13(12)19)18(20)21)7-15-17-14-16-8(2)9(3)23-14/h5-7,19H,4H2,1-3H3,(H,16,17)/b15-7-. The lowest BCUT2D eigenvalue weighted by atomic mass is 10.2. The molecular formula is C14H16N4O4S. The van der Waals surface area contributed by atoms with Gasteiger partial charge in [0.25, 0.3) is 0 Å². The van der Waals surface area contributed by atoms with Gasteiger partial charge in [-0.25, -0.2) is 4.98 Å². The van der Waals surface area contributed by atoms with Gasteiger partial charge in [-0.1, -0.05) is 0 Å². The molecule has 1 heterocycles. The number of rotatable bonds is 6. The number of aromatic nitrogens is 1. The normalized spacial score (nSPS) is 10.9. The molecule has 1 aromatic heterocycles. The molecule has 0 aliphatic rings. The predicted octanol–water partition coefficient (Wildman–Crippen LogP) is 3.22. The summed E-state index contributed by atoms with van der Waals surface area (Å²) in [6, 6.07) is 2.71. The second-order valence-corrected chi connectivity index (χ2v) is 5.81. The van der Waals surface area contributed by atoms with Crippen LogP contribution in [-0.4, -0.2) is 27.8 Å². The summed E-state index contributed by atoms with van der Waals surface area (Å²) in [7, 11) is 0. The Morgan fingerprint density at radius 2 is 2.26 bits per heavy atom. The third kappa shape index (κ3) is 3.95. The number of nitrogens with zero attached hydrogens (tertiary/aromatic N) is 3. The number of nitrogens with one attached hydrogen (secondary N) is 1. The number of benzene rings is 1. The molecule has 1 aromatic carbocycles. The molecular weight excluding hydrogens is 320 g/mol. The molecule has 23 heavy (non-hydrogen) atoms. The summed E-state index contributed by atoms with van der Waals surface area (Å²) in [4.78, 5) is 15.7. The number of anilines is 1. The molecule has 2 rings (SSSR count). The number of nitro benzene ring substituents is 1. The molecule has 9 heteroatoms. The molecule has 122 valence electrons. The number of hydrazone groups is 1. The summed E-state index contributed by atoms with van der Waals surface area (Å²) in [5.74, 6) is -0.447. The van der Waals surface area contributed by atoms with Gasteiger partial charge < -0.3 is 9.84 Å². The van der Waals surface area contributed by atoms with E-state index in [0.717, 1.165) is 10.6 Å². The maximum atomic E-state index is 11.0. The zero-order valence-electron chi connectivity index (χ0n) is 12.9. The van der Waals surface area contributed by atoms with E-state index in [1.165, 1.54) is 29.7 Å². The van der Waals surface area contributed by atoms with Gasteiger partial charge in [0.15, 0.2) is 5.75 Å². The van der Waals surface area contributed by atoms with Crippen LogP contribution in [0.5, 0.6) is 11.5 Å². The largest absolute Gasteiger partial charge is 0.500 e. The SMILES string of the molecule is CCOc1cc(/C=N\Nc2nc(C)c(C)s2)cc([N+](=O)[O-])c1O. The fourth-order valence-corrected chi connectivity index (χ4v) is 2.54. The number of phenolic OH excluding ortho intramolecular Hbond substituents is 1. The summed E-state index contributed by atoms with van der Waals surface area (Å²) in [6.07, 6.45) is 1.40. The van der Waals surface area contributed by atoms with Crippen molar-refractivity contribution in [3.8, 4) is 11.5 Å². The highest BCUT2D eigenvalue weighted by molar-refractivity contribution is 7.15. The van der Waals surface area contributed by atoms with E-state index in [1.807, 2.05) is 13.8 Å². The number of aryl methyl sites for hydroxylation is 2. The Bertz CT molecular complexity index is 738. The van der Waals surface area contributed by atoms with Crippen molar-refractivity contribution in [2.75, 3.05) is 12.0 Å². The molecule has 2 aromatic rings. The van der Waals surface area contributed by atoms with Crippen LogP contribution in [0.2, 0.25) is 0 Å². The lowest BCUT2D eigenvalue weighted by Crippen LogP contribution is -1.98. The van der Waals surface area contributed by atoms with Crippen LogP contribution in [0.3, 0.4) is 0 Å². The van der Waals surface area contributed by atoms with Gasteiger partial charge in [-0.2, -0.15) is 5.10 Å². The third-order valence-electron chi connectivity index (χ3n) is 2.98. The Morgan fingerprint density at radius 1 is 1.52 bits per heavy atom. The Balaban J connectivity index is 2.24. The molecule has 0 aliphatic heterocycles. The molecule has 8 nitrogen and oxygen atoms in total. The van der Waals surface area contributed by atoms with Crippen molar-refractivity contribution < 1.29 is 14.8 Å². The number of nitro groups is 1. The Kier molecular flexibility index (Phi) is 5.12. The molecule has 0 bridgehead atoms. The van der Waals surface area contributed by atoms with Crippen LogP contribution in [0.1, 0.15) is 23.1 Å². The van der Waals surface area contributed by atoms with Crippen LogP contribution >= 0.6 is 11.3 Å². The highest BCUT2D eigenvalue weighted by Crippen LogP contribution is 2.36. The first kappa shape index (κ1) is 16.7. The van der Waals surface area contributed by atoms with Gasteiger partial charge in [0.1, 0.15) is 0 Å². The van der Waals surface area contributed by atoms with Crippen LogP contribution in [0.15, 0.2) is 17.2 Å². The number of hydrogen-bond acceptors (Lipinski definition) is 8. The molecule has 0 saturated heterocycles. The zero-order chi connectivity index (χ0) is 17.0. The minimum atomic E-state index is -0.670. The van der Waals surface area contributed by atoms with E-state index in [9.17, 15) is 15.2 Å². The highest BCUT2D eigenvalue weighted by atomic mass is 32.1. The lowest BCUT2D eigenvalue weighted by Gasteiger charge is -2.07. The van der Waals surface area contributed by atoms with Crippen molar-refractivity contribution in [3.63, 3.8) is 0 Å². The summed E-state index contributed by atoms with van der Waals surface area (Å²) in [5, 5.41) is 25.4. The van der Waals surface area contributed by atoms with E-state index in [4.69, 9.17) is 4.74 Å². The van der Waals surface area contributed by atoms with Gasteiger partial charge in [-0.05, 0) is 26.8 Å². The maximum Gasteiger partial charge on any atom is 0.315 e. The Morgan fingerprint density at radius 3 is 2.83 bits per heavy atom. The lowest BCUT2D eigenvalue weighted by molar-refractivity contribution is -0.386. The quantitative estimate of drug-likeness (QED) is 0.476. The van der Waals surface area contributed by atoms with Crippen LogP contribution in [0, 0.1) is 24.0 Å². The van der Waals surface area contributed by atoms with Crippen LogP contribution in [0.25, 0.3) is 0 Å². The molecule has 0 aliphatic carbocycles. The summed E-state index contributed by atoms with van der Waals surface area (Å²) in [5.41, 5.74) is 3.69. The highest BCUT2D eigenvalue weighted by Gasteiger charge is 2.19. The van der Waals surface area contributed by atoms with E-state index in [-0.39, 0.29) is 12.4 Å². The van der Waals surface area contributed by atoms with Crippen LogP contribution in [0.4, 0.5) is 10.8 Å². The van der Waals surface area contributed by atoms with Crippen molar-refractivity contribution in [2.45, 2.75) is 20.8 Å². The van der Waals surface area contributed by atoms with E-state index < -0.39 is 16.4 Å².